The molecule has 0 aliphatic carbocycles. The Hall–Kier alpha value is -1.55. The molecule has 1 aromatic rings. The van der Waals surface area contributed by atoms with Crippen molar-refractivity contribution in [1.29, 1.82) is 0 Å². The van der Waals surface area contributed by atoms with Crippen molar-refractivity contribution >= 4 is 5.91 Å². The highest BCUT2D eigenvalue weighted by Gasteiger charge is 2.23. The van der Waals surface area contributed by atoms with Gasteiger partial charge < -0.3 is 10.1 Å². The monoisotopic (exact) mass is 262 g/mol. The van der Waals surface area contributed by atoms with Gasteiger partial charge in [-0.1, -0.05) is 6.92 Å². The maximum absolute atomic E-state index is 12.0. The van der Waals surface area contributed by atoms with Gasteiger partial charge in [0.15, 0.2) is 0 Å². The van der Waals surface area contributed by atoms with E-state index in [0.29, 0.717) is 11.6 Å². The molecular formula is C15H22N2O2. The molecule has 0 aromatic heterocycles. The largest absolute Gasteiger partial charge is 0.497 e. The highest BCUT2D eigenvalue weighted by molar-refractivity contribution is 5.94. The molecule has 0 saturated carbocycles. The number of benzene rings is 1. The Morgan fingerprint density at radius 2 is 2.16 bits per heavy atom. The lowest BCUT2D eigenvalue weighted by molar-refractivity contribution is 0.0941. The lowest BCUT2D eigenvalue weighted by Gasteiger charge is -2.22. The number of hydrogen-bond donors (Lipinski definition) is 1. The summed E-state index contributed by atoms with van der Waals surface area (Å²) in [5.41, 5.74) is 0.682. The second kappa shape index (κ2) is 6.57. The summed E-state index contributed by atoms with van der Waals surface area (Å²) in [6, 6.07) is 7.69. The number of likely N-dealkylation sites (tertiary alicyclic amines) is 1. The summed E-state index contributed by atoms with van der Waals surface area (Å²) in [6.45, 7) is 5.12. The van der Waals surface area contributed by atoms with E-state index in [0.717, 1.165) is 25.4 Å². The third-order valence-electron chi connectivity index (χ3n) is 3.76. The average molecular weight is 262 g/mol. The third kappa shape index (κ3) is 3.47. The van der Waals surface area contributed by atoms with Gasteiger partial charge in [-0.15, -0.1) is 0 Å². The van der Waals surface area contributed by atoms with E-state index in [2.05, 4.69) is 17.1 Å². The van der Waals surface area contributed by atoms with Crippen molar-refractivity contribution in [1.82, 2.24) is 10.2 Å². The Kier molecular flexibility index (Phi) is 4.80. The van der Waals surface area contributed by atoms with E-state index in [9.17, 15) is 4.79 Å². The summed E-state index contributed by atoms with van der Waals surface area (Å²) in [6.07, 6.45) is 2.41. The van der Waals surface area contributed by atoms with Gasteiger partial charge in [-0.3, -0.25) is 9.69 Å². The molecule has 2 rings (SSSR count). The fourth-order valence-corrected chi connectivity index (χ4v) is 2.60. The zero-order chi connectivity index (χ0) is 13.7. The second-order valence-electron chi connectivity index (χ2n) is 4.86. The van der Waals surface area contributed by atoms with Gasteiger partial charge in [0.1, 0.15) is 5.75 Å². The molecule has 1 unspecified atom stereocenters. The van der Waals surface area contributed by atoms with Crippen molar-refractivity contribution in [3.63, 3.8) is 0 Å². The smallest absolute Gasteiger partial charge is 0.251 e. The fraction of sp³-hybridized carbons (Fsp3) is 0.533. The zero-order valence-electron chi connectivity index (χ0n) is 11.7. The zero-order valence-corrected chi connectivity index (χ0v) is 11.7. The number of amides is 1. The highest BCUT2D eigenvalue weighted by Crippen LogP contribution is 2.16. The van der Waals surface area contributed by atoms with Gasteiger partial charge in [-0.25, -0.2) is 0 Å². The molecule has 4 heteroatoms. The number of carbonyl (C=O) groups excluding carboxylic acids is 1. The number of ether oxygens (including phenoxy) is 1. The van der Waals surface area contributed by atoms with Crippen LogP contribution < -0.4 is 10.1 Å². The molecule has 1 aliphatic heterocycles. The Labute approximate surface area is 114 Å². The van der Waals surface area contributed by atoms with Crippen molar-refractivity contribution in [2.45, 2.75) is 25.8 Å². The summed E-state index contributed by atoms with van der Waals surface area (Å²) in [5.74, 6) is 0.759. The van der Waals surface area contributed by atoms with Crippen LogP contribution in [-0.2, 0) is 0 Å². The molecule has 1 atom stereocenters. The number of hydrogen-bond acceptors (Lipinski definition) is 3. The molecule has 1 heterocycles. The van der Waals surface area contributed by atoms with E-state index in [1.807, 2.05) is 12.1 Å². The molecule has 1 aliphatic rings. The number of nitrogens with zero attached hydrogens (tertiary/aromatic N) is 1. The van der Waals surface area contributed by atoms with E-state index in [4.69, 9.17) is 4.74 Å². The molecule has 104 valence electrons. The van der Waals surface area contributed by atoms with Gasteiger partial charge >= 0.3 is 0 Å². The minimum atomic E-state index is -0.00870. The van der Waals surface area contributed by atoms with Crippen LogP contribution in [0.3, 0.4) is 0 Å². The van der Waals surface area contributed by atoms with E-state index in [1.165, 1.54) is 12.8 Å². The van der Waals surface area contributed by atoms with Gasteiger partial charge in [-0.05, 0) is 50.2 Å². The maximum atomic E-state index is 12.0. The van der Waals surface area contributed by atoms with Crippen LogP contribution in [0.4, 0.5) is 0 Å². The lowest BCUT2D eigenvalue weighted by atomic mass is 10.2. The molecule has 4 nitrogen and oxygen atoms in total. The molecule has 0 spiro atoms. The summed E-state index contributed by atoms with van der Waals surface area (Å²) < 4.78 is 5.08. The molecular weight excluding hydrogens is 240 g/mol. The summed E-state index contributed by atoms with van der Waals surface area (Å²) >= 11 is 0. The van der Waals surface area contributed by atoms with Crippen molar-refractivity contribution in [2.75, 3.05) is 26.7 Å². The third-order valence-corrected chi connectivity index (χ3v) is 3.76. The van der Waals surface area contributed by atoms with Crippen LogP contribution in [0.25, 0.3) is 0 Å². The molecule has 19 heavy (non-hydrogen) atoms. The van der Waals surface area contributed by atoms with Crippen LogP contribution >= 0.6 is 0 Å². The summed E-state index contributed by atoms with van der Waals surface area (Å²) in [5, 5.41) is 3.02. The van der Waals surface area contributed by atoms with Crippen molar-refractivity contribution < 1.29 is 9.53 Å². The van der Waals surface area contributed by atoms with Gasteiger partial charge in [0.05, 0.1) is 7.11 Å². The molecule has 1 saturated heterocycles. The number of nitrogens with one attached hydrogen (secondary N) is 1. The van der Waals surface area contributed by atoms with Gasteiger partial charge in [0.25, 0.3) is 5.91 Å². The van der Waals surface area contributed by atoms with E-state index in [-0.39, 0.29) is 5.91 Å². The Morgan fingerprint density at radius 3 is 2.79 bits per heavy atom. The summed E-state index contributed by atoms with van der Waals surface area (Å²) in [4.78, 5) is 14.5. The first-order valence-electron chi connectivity index (χ1n) is 6.91. The Morgan fingerprint density at radius 1 is 1.42 bits per heavy atom. The van der Waals surface area contributed by atoms with Gasteiger partial charge in [0.2, 0.25) is 0 Å². The van der Waals surface area contributed by atoms with Crippen molar-refractivity contribution in [2.24, 2.45) is 0 Å². The summed E-state index contributed by atoms with van der Waals surface area (Å²) in [7, 11) is 1.62. The average Bonchev–Trinajstić information content (AvgIpc) is 2.92. The number of likely N-dealkylation sites (N-methyl/N-ethyl adjacent to an activating group) is 1. The number of rotatable bonds is 5. The topological polar surface area (TPSA) is 41.6 Å². The quantitative estimate of drug-likeness (QED) is 0.881. The minimum absolute atomic E-state index is 0.00870. The van der Waals surface area contributed by atoms with Crippen molar-refractivity contribution in [3.8, 4) is 5.75 Å². The minimum Gasteiger partial charge on any atom is -0.497 e. The van der Waals surface area contributed by atoms with Crippen molar-refractivity contribution in [3.05, 3.63) is 29.8 Å². The van der Waals surface area contributed by atoms with Gasteiger partial charge in [-0.2, -0.15) is 0 Å². The van der Waals surface area contributed by atoms with Crippen LogP contribution in [0.1, 0.15) is 30.1 Å². The SMILES string of the molecule is CCN1CCCC1CNC(=O)c1ccc(OC)cc1. The molecule has 0 radical (unpaired) electrons. The normalized spacial score (nSPS) is 19.4. The highest BCUT2D eigenvalue weighted by atomic mass is 16.5. The lowest BCUT2D eigenvalue weighted by Crippen LogP contribution is -2.40. The molecule has 1 fully saturated rings. The molecule has 0 bridgehead atoms. The van der Waals surface area contributed by atoms with E-state index in [1.54, 1.807) is 19.2 Å². The first kappa shape index (κ1) is 13.9. The van der Waals surface area contributed by atoms with Gasteiger partial charge in [0, 0.05) is 18.2 Å². The first-order valence-corrected chi connectivity index (χ1v) is 6.91. The molecule has 1 amide bonds. The standard InChI is InChI=1S/C15H22N2O2/c1-3-17-10-4-5-13(17)11-16-15(18)12-6-8-14(19-2)9-7-12/h6-9,13H,3-5,10-11H2,1-2H3,(H,16,18). The molecule has 1 N–H and O–H groups in total. The predicted octanol–water partition coefficient (Wildman–Crippen LogP) is 1.91. The first-order chi connectivity index (χ1) is 9.24. The Balaban J connectivity index is 1.86. The Bertz CT molecular complexity index is 417. The number of carbonyl (C=O) groups is 1. The van der Waals surface area contributed by atoms with E-state index < -0.39 is 0 Å². The van der Waals surface area contributed by atoms with E-state index >= 15 is 0 Å². The number of methoxy groups -OCH3 is 1. The van der Waals surface area contributed by atoms with Crippen LogP contribution in [-0.4, -0.2) is 43.6 Å². The second-order valence-corrected chi connectivity index (χ2v) is 4.86. The van der Waals surface area contributed by atoms with Crippen LogP contribution in [0.15, 0.2) is 24.3 Å². The maximum Gasteiger partial charge on any atom is 0.251 e. The van der Waals surface area contributed by atoms with Crippen LogP contribution in [0.2, 0.25) is 0 Å². The van der Waals surface area contributed by atoms with Crippen LogP contribution in [0.5, 0.6) is 5.75 Å². The molecule has 1 aromatic carbocycles. The fourth-order valence-electron chi connectivity index (χ4n) is 2.60. The van der Waals surface area contributed by atoms with Crippen LogP contribution in [0, 0.1) is 0 Å². The predicted molar refractivity (Wildman–Crippen MR) is 75.6 cm³/mol.